The summed E-state index contributed by atoms with van der Waals surface area (Å²) in [7, 11) is 1.68. The number of thiophene rings is 1. The van der Waals surface area contributed by atoms with E-state index in [1.54, 1.807) is 18.4 Å². The highest BCUT2D eigenvalue weighted by Crippen LogP contribution is 2.29. The minimum atomic E-state index is 0.140. The Morgan fingerprint density at radius 3 is 2.41 bits per heavy atom. The molecule has 1 fully saturated rings. The van der Waals surface area contributed by atoms with E-state index in [1.165, 1.54) is 10.4 Å². The van der Waals surface area contributed by atoms with Gasteiger partial charge in [-0.1, -0.05) is 0 Å². The molecule has 27 heavy (non-hydrogen) atoms. The van der Waals surface area contributed by atoms with Crippen LogP contribution in [0, 0.1) is 0 Å². The van der Waals surface area contributed by atoms with E-state index < -0.39 is 0 Å². The second kappa shape index (κ2) is 7.27. The third-order valence-corrected chi connectivity index (χ3v) is 6.05. The second-order valence-corrected chi connectivity index (χ2v) is 8.09. The molecule has 3 aromatic rings. The number of rotatable bonds is 4. The number of piperazine rings is 1. The van der Waals surface area contributed by atoms with Crippen molar-refractivity contribution in [2.24, 2.45) is 0 Å². The summed E-state index contributed by atoms with van der Waals surface area (Å²) in [6, 6.07) is 12.5. The SMILES string of the molecule is COc1ccc(N2CCN(C(=O)c3cc4sccc4n3C(C)C)CC2)cc1. The highest BCUT2D eigenvalue weighted by molar-refractivity contribution is 7.17. The molecule has 1 amide bonds. The van der Waals surface area contributed by atoms with Gasteiger partial charge in [0.05, 0.1) is 17.3 Å². The molecular formula is C21H25N3O2S. The maximum Gasteiger partial charge on any atom is 0.270 e. The van der Waals surface area contributed by atoms with Crippen LogP contribution in [0.3, 0.4) is 0 Å². The van der Waals surface area contributed by atoms with Crippen molar-refractivity contribution in [2.75, 3.05) is 38.2 Å². The van der Waals surface area contributed by atoms with Crippen LogP contribution in [0.4, 0.5) is 5.69 Å². The van der Waals surface area contributed by atoms with Crippen LogP contribution in [-0.4, -0.2) is 48.7 Å². The van der Waals surface area contributed by atoms with Crippen molar-refractivity contribution in [1.29, 1.82) is 0 Å². The molecule has 4 rings (SSSR count). The first kappa shape index (κ1) is 17.9. The topological polar surface area (TPSA) is 37.7 Å². The first-order valence-corrected chi connectivity index (χ1v) is 10.2. The third kappa shape index (κ3) is 3.30. The number of benzene rings is 1. The van der Waals surface area contributed by atoms with E-state index in [0.29, 0.717) is 0 Å². The van der Waals surface area contributed by atoms with Gasteiger partial charge in [-0.3, -0.25) is 4.79 Å². The summed E-state index contributed by atoms with van der Waals surface area (Å²) in [5.74, 6) is 1.00. The predicted molar refractivity (Wildman–Crippen MR) is 111 cm³/mol. The van der Waals surface area contributed by atoms with E-state index in [0.717, 1.165) is 43.1 Å². The van der Waals surface area contributed by atoms with Crippen molar-refractivity contribution in [3.8, 4) is 5.75 Å². The van der Waals surface area contributed by atoms with E-state index in [9.17, 15) is 4.79 Å². The lowest BCUT2D eigenvalue weighted by Crippen LogP contribution is -2.49. The van der Waals surface area contributed by atoms with E-state index in [-0.39, 0.29) is 11.9 Å². The normalized spacial score (nSPS) is 15.0. The van der Waals surface area contributed by atoms with Gasteiger partial charge in [0, 0.05) is 37.9 Å². The number of hydrogen-bond donors (Lipinski definition) is 0. The van der Waals surface area contributed by atoms with Gasteiger partial charge in [0.2, 0.25) is 0 Å². The van der Waals surface area contributed by atoms with Gasteiger partial charge in [-0.05, 0) is 55.6 Å². The van der Waals surface area contributed by atoms with Crippen LogP contribution in [0.1, 0.15) is 30.4 Å². The van der Waals surface area contributed by atoms with Crippen LogP contribution in [0.2, 0.25) is 0 Å². The van der Waals surface area contributed by atoms with Crippen molar-refractivity contribution in [2.45, 2.75) is 19.9 Å². The first-order valence-electron chi connectivity index (χ1n) is 9.35. The lowest BCUT2D eigenvalue weighted by molar-refractivity contribution is 0.0735. The number of hydrogen-bond acceptors (Lipinski definition) is 4. The number of ether oxygens (including phenoxy) is 1. The van der Waals surface area contributed by atoms with Crippen LogP contribution in [0.5, 0.6) is 5.75 Å². The highest BCUT2D eigenvalue weighted by Gasteiger charge is 2.26. The van der Waals surface area contributed by atoms with E-state index in [1.807, 2.05) is 17.0 Å². The van der Waals surface area contributed by atoms with Gasteiger partial charge < -0.3 is 19.1 Å². The zero-order valence-electron chi connectivity index (χ0n) is 16.0. The molecule has 0 radical (unpaired) electrons. The fraction of sp³-hybridized carbons (Fsp3) is 0.381. The Labute approximate surface area is 163 Å². The summed E-state index contributed by atoms with van der Waals surface area (Å²) in [5.41, 5.74) is 3.15. The Balaban J connectivity index is 1.48. The van der Waals surface area contributed by atoms with Crippen LogP contribution < -0.4 is 9.64 Å². The molecule has 1 aliphatic rings. The van der Waals surface area contributed by atoms with Crippen LogP contribution in [-0.2, 0) is 0 Å². The van der Waals surface area contributed by atoms with Gasteiger partial charge in [-0.25, -0.2) is 0 Å². The maximum absolute atomic E-state index is 13.2. The Kier molecular flexibility index (Phi) is 4.83. The minimum Gasteiger partial charge on any atom is -0.497 e. The number of amides is 1. The first-order chi connectivity index (χ1) is 13.1. The molecule has 1 aromatic carbocycles. The summed E-state index contributed by atoms with van der Waals surface area (Å²) in [6.45, 7) is 7.43. The number of nitrogens with zero attached hydrogens (tertiary/aromatic N) is 3. The summed E-state index contributed by atoms with van der Waals surface area (Å²) < 4.78 is 8.58. The number of fused-ring (bicyclic) bond motifs is 1. The molecule has 0 atom stereocenters. The van der Waals surface area contributed by atoms with Crippen LogP contribution >= 0.6 is 11.3 Å². The van der Waals surface area contributed by atoms with Crippen LogP contribution in [0.25, 0.3) is 10.2 Å². The quantitative estimate of drug-likeness (QED) is 0.676. The number of methoxy groups -OCH3 is 1. The van der Waals surface area contributed by atoms with Crippen LogP contribution in [0.15, 0.2) is 41.8 Å². The Morgan fingerprint density at radius 2 is 1.78 bits per heavy atom. The molecule has 6 heteroatoms. The zero-order chi connectivity index (χ0) is 19.0. The standard InChI is InChI=1S/C21H25N3O2S/c1-15(2)24-18-8-13-27-20(18)14-19(24)21(25)23-11-9-22(10-12-23)16-4-6-17(26-3)7-5-16/h4-8,13-15H,9-12H2,1-3H3. The molecule has 1 saturated heterocycles. The summed E-state index contributed by atoms with van der Waals surface area (Å²) >= 11 is 1.69. The van der Waals surface area contributed by atoms with Gasteiger partial charge >= 0.3 is 0 Å². The molecule has 3 heterocycles. The van der Waals surface area contributed by atoms with Crippen molar-refractivity contribution >= 4 is 33.1 Å². The summed E-state index contributed by atoms with van der Waals surface area (Å²) in [5, 5.41) is 2.09. The van der Waals surface area contributed by atoms with Crippen molar-refractivity contribution in [1.82, 2.24) is 9.47 Å². The fourth-order valence-corrected chi connectivity index (χ4v) is 4.60. The van der Waals surface area contributed by atoms with Gasteiger partial charge in [-0.15, -0.1) is 11.3 Å². The minimum absolute atomic E-state index is 0.140. The number of carbonyl (C=O) groups excluding carboxylic acids is 1. The monoisotopic (exact) mass is 383 g/mol. The lowest BCUT2D eigenvalue weighted by Gasteiger charge is -2.36. The largest absolute Gasteiger partial charge is 0.497 e. The second-order valence-electron chi connectivity index (χ2n) is 7.14. The molecule has 0 N–H and O–H groups in total. The number of carbonyl (C=O) groups is 1. The Bertz CT molecular complexity index is 934. The molecule has 0 saturated carbocycles. The Hall–Kier alpha value is -2.47. The molecule has 142 valence electrons. The van der Waals surface area contributed by atoms with E-state index in [4.69, 9.17) is 4.74 Å². The highest BCUT2D eigenvalue weighted by atomic mass is 32.1. The third-order valence-electron chi connectivity index (χ3n) is 5.20. The molecular weight excluding hydrogens is 358 g/mol. The zero-order valence-corrected chi connectivity index (χ0v) is 16.8. The number of anilines is 1. The van der Waals surface area contributed by atoms with Crippen molar-refractivity contribution < 1.29 is 9.53 Å². The molecule has 5 nitrogen and oxygen atoms in total. The predicted octanol–water partition coefficient (Wildman–Crippen LogP) is 4.25. The summed E-state index contributed by atoms with van der Waals surface area (Å²) in [4.78, 5) is 17.5. The average Bonchev–Trinajstić information content (AvgIpc) is 3.28. The molecule has 1 aliphatic heterocycles. The van der Waals surface area contributed by atoms with Gasteiger partial charge in [-0.2, -0.15) is 0 Å². The van der Waals surface area contributed by atoms with Gasteiger partial charge in [0.15, 0.2) is 0 Å². The molecule has 0 bridgehead atoms. The fourth-order valence-electron chi connectivity index (χ4n) is 3.79. The van der Waals surface area contributed by atoms with Crippen molar-refractivity contribution in [3.63, 3.8) is 0 Å². The molecule has 2 aromatic heterocycles. The van der Waals surface area contributed by atoms with E-state index in [2.05, 4.69) is 53.0 Å². The smallest absolute Gasteiger partial charge is 0.270 e. The summed E-state index contributed by atoms with van der Waals surface area (Å²) in [6.07, 6.45) is 0. The average molecular weight is 384 g/mol. The number of aromatic nitrogens is 1. The molecule has 0 unspecified atom stereocenters. The Morgan fingerprint density at radius 1 is 1.07 bits per heavy atom. The van der Waals surface area contributed by atoms with Gasteiger partial charge in [0.25, 0.3) is 5.91 Å². The van der Waals surface area contributed by atoms with E-state index >= 15 is 0 Å². The maximum atomic E-state index is 13.2. The lowest BCUT2D eigenvalue weighted by atomic mass is 10.2. The molecule has 0 spiro atoms. The molecule has 0 aliphatic carbocycles. The van der Waals surface area contributed by atoms with Crippen molar-refractivity contribution in [3.05, 3.63) is 47.5 Å². The van der Waals surface area contributed by atoms with Gasteiger partial charge in [0.1, 0.15) is 11.4 Å².